The second kappa shape index (κ2) is 6.86. The van der Waals surface area contributed by atoms with Crippen LogP contribution < -0.4 is 11.2 Å². The predicted molar refractivity (Wildman–Crippen MR) is 80.1 cm³/mol. The smallest absolute Gasteiger partial charge is 0.333 e. The number of carbonyl (C=O) groups is 1. The van der Waals surface area contributed by atoms with E-state index >= 15 is 0 Å². The van der Waals surface area contributed by atoms with Gasteiger partial charge in [0.05, 0.1) is 24.1 Å². The minimum absolute atomic E-state index is 0.0957. The zero-order chi connectivity index (χ0) is 16.4. The summed E-state index contributed by atoms with van der Waals surface area (Å²) >= 11 is 3.06. The Balaban J connectivity index is 2.44. The van der Waals surface area contributed by atoms with Crippen molar-refractivity contribution in [2.75, 3.05) is 6.61 Å². The van der Waals surface area contributed by atoms with Crippen molar-refractivity contribution < 1.29 is 19.7 Å². The number of hydrogen-bond donors (Lipinski definition) is 2. The van der Waals surface area contributed by atoms with Crippen molar-refractivity contribution in [1.82, 2.24) is 9.13 Å². The minimum Gasteiger partial charge on any atom is -0.394 e. The third-order valence-corrected chi connectivity index (χ3v) is 4.07. The van der Waals surface area contributed by atoms with Crippen LogP contribution in [0.15, 0.2) is 15.8 Å². The fourth-order valence-electron chi connectivity index (χ4n) is 2.39. The van der Waals surface area contributed by atoms with Crippen LogP contribution in [0.1, 0.15) is 18.2 Å². The molecule has 0 radical (unpaired) electrons. The monoisotopic (exact) mass is 376 g/mol. The van der Waals surface area contributed by atoms with Crippen LogP contribution in [0.2, 0.25) is 0 Å². The van der Waals surface area contributed by atoms with Crippen molar-refractivity contribution in [2.45, 2.75) is 43.2 Å². The first-order valence-corrected chi connectivity index (χ1v) is 7.67. The summed E-state index contributed by atoms with van der Waals surface area (Å²) in [5.74, 6) is 0. The molecule has 0 aromatic carbocycles. The van der Waals surface area contributed by atoms with E-state index in [-0.39, 0.29) is 19.6 Å². The molecule has 2 rings (SSSR count). The van der Waals surface area contributed by atoms with Gasteiger partial charge in [-0.15, -0.1) is 0 Å². The van der Waals surface area contributed by atoms with Gasteiger partial charge in [0, 0.05) is 18.2 Å². The highest BCUT2D eigenvalue weighted by molar-refractivity contribution is 9.09. The Kier molecular flexibility index (Phi) is 5.32. The standard InChI is InChI=1S/C13H17BrN2O6/c1-7-3-15(11-2-9(19)10(6-18)22-11)13(21)16(12(7)20)4-8(14)5-17/h3,5,8-11,18-19H,2,4,6H2,1H3/t8?,9-,10+,11+/m0/s1. The topological polar surface area (TPSA) is 111 Å². The summed E-state index contributed by atoms with van der Waals surface area (Å²) in [6.45, 7) is 1.09. The van der Waals surface area contributed by atoms with Gasteiger partial charge in [-0.25, -0.2) is 4.79 Å². The second-order valence-electron chi connectivity index (χ2n) is 5.18. The van der Waals surface area contributed by atoms with Crippen LogP contribution >= 0.6 is 15.9 Å². The Morgan fingerprint density at radius 1 is 1.55 bits per heavy atom. The molecular weight excluding hydrogens is 360 g/mol. The van der Waals surface area contributed by atoms with Crippen LogP contribution in [-0.2, 0) is 16.1 Å². The van der Waals surface area contributed by atoms with E-state index in [9.17, 15) is 19.5 Å². The first-order chi connectivity index (χ1) is 10.4. The van der Waals surface area contributed by atoms with Gasteiger partial charge in [-0.1, -0.05) is 15.9 Å². The number of hydrogen-bond acceptors (Lipinski definition) is 6. The number of rotatable bonds is 5. The predicted octanol–water partition coefficient (Wildman–Crippen LogP) is -1.08. The van der Waals surface area contributed by atoms with E-state index in [2.05, 4.69) is 15.9 Å². The van der Waals surface area contributed by atoms with E-state index in [1.807, 2.05) is 0 Å². The molecule has 1 aliphatic heterocycles. The van der Waals surface area contributed by atoms with Gasteiger partial charge in [0.15, 0.2) is 0 Å². The number of nitrogens with zero attached hydrogens (tertiary/aromatic N) is 2. The maximum Gasteiger partial charge on any atom is 0.333 e. The van der Waals surface area contributed by atoms with Crippen LogP contribution in [0.5, 0.6) is 0 Å². The van der Waals surface area contributed by atoms with Crippen molar-refractivity contribution in [1.29, 1.82) is 0 Å². The van der Waals surface area contributed by atoms with Crippen molar-refractivity contribution in [3.8, 4) is 0 Å². The summed E-state index contributed by atoms with van der Waals surface area (Å²) in [6, 6.07) is 0. The Hall–Kier alpha value is -1.29. The number of aromatic nitrogens is 2. The maximum absolute atomic E-state index is 12.4. The summed E-state index contributed by atoms with van der Waals surface area (Å²) in [5.41, 5.74) is -0.793. The molecule has 1 aliphatic rings. The Labute approximate surface area is 134 Å². The van der Waals surface area contributed by atoms with E-state index in [0.29, 0.717) is 11.8 Å². The molecule has 2 N–H and O–H groups in total. The highest BCUT2D eigenvalue weighted by atomic mass is 79.9. The molecule has 1 saturated heterocycles. The number of alkyl halides is 1. The van der Waals surface area contributed by atoms with Crippen LogP contribution in [0.3, 0.4) is 0 Å². The number of carbonyl (C=O) groups excluding carboxylic acids is 1. The fraction of sp³-hybridized carbons (Fsp3) is 0.615. The first kappa shape index (κ1) is 17.1. The summed E-state index contributed by atoms with van der Waals surface area (Å²) in [4.78, 5) is 34.6. The molecule has 1 aromatic rings. The molecule has 1 unspecified atom stereocenters. The van der Waals surface area contributed by atoms with E-state index in [1.54, 1.807) is 6.92 Å². The number of aldehydes is 1. The SMILES string of the molecule is Cc1cn([C@H]2C[C@H](O)[C@@H](CO)O2)c(=O)n(CC(Br)C=O)c1=O. The molecule has 0 aliphatic carbocycles. The number of aliphatic hydroxyl groups is 2. The molecule has 2 heterocycles. The van der Waals surface area contributed by atoms with Gasteiger partial charge in [0.25, 0.3) is 5.56 Å². The first-order valence-electron chi connectivity index (χ1n) is 6.75. The van der Waals surface area contributed by atoms with E-state index in [1.165, 1.54) is 10.8 Å². The fourth-order valence-corrected chi connectivity index (χ4v) is 2.68. The zero-order valence-corrected chi connectivity index (χ0v) is 13.5. The molecule has 0 saturated carbocycles. The van der Waals surface area contributed by atoms with E-state index < -0.39 is 34.5 Å². The molecule has 4 atom stereocenters. The Morgan fingerprint density at radius 3 is 2.77 bits per heavy atom. The number of halogens is 1. The summed E-state index contributed by atoms with van der Waals surface area (Å²) in [5, 5.41) is 18.9. The number of aryl methyl sites for hydroxylation is 1. The van der Waals surface area contributed by atoms with Gasteiger partial charge in [-0.05, 0) is 6.92 Å². The Bertz CT molecular complexity index is 669. The van der Waals surface area contributed by atoms with Gasteiger partial charge >= 0.3 is 5.69 Å². The van der Waals surface area contributed by atoms with Gasteiger partial charge in [0.1, 0.15) is 18.6 Å². The van der Waals surface area contributed by atoms with Crippen molar-refractivity contribution in [3.63, 3.8) is 0 Å². The molecular formula is C13H17BrN2O6. The van der Waals surface area contributed by atoms with Crippen molar-refractivity contribution in [2.24, 2.45) is 0 Å². The van der Waals surface area contributed by atoms with Gasteiger partial charge in [-0.3, -0.25) is 13.9 Å². The third kappa shape index (κ3) is 3.22. The Morgan fingerprint density at radius 2 is 2.23 bits per heavy atom. The lowest BCUT2D eigenvalue weighted by Crippen LogP contribution is -2.43. The number of ether oxygens (including phenoxy) is 1. The average Bonchev–Trinajstić information content (AvgIpc) is 2.87. The van der Waals surface area contributed by atoms with Crippen LogP contribution in [-0.4, -0.2) is 49.3 Å². The molecule has 0 spiro atoms. The van der Waals surface area contributed by atoms with Crippen molar-refractivity contribution >= 4 is 22.2 Å². The molecule has 0 amide bonds. The van der Waals surface area contributed by atoms with Crippen LogP contribution in [0.25, 0.3) is 0 Å². The third-order valence-electron chi connectivity index (χ3n) is 3.57. The largest absolute Gasteiger partial charge is 0.394 e. The average molecular weight is 377 g/mol. The summed E-state index contributed by atoms with van der Waals surface area (Å²) in [7, 11) is 0. The second-order valence-corrected chi connectivity index (χ2v) is 6.36. The molecule has 1 aromatic heterocycles. The molecule has 9 heteroatoms. The number of aliphatic hydroxyl groups excluding tert-OH is 2. The molecule has 22 heavy (non-hydrogen) atoms. The normalized spacial score (nSPS) is 26.1. The lowest BCUT2D eigenvalue weighted by atomic mass is 10.2. The summed E-state index contributed by atoms with van der Waals surface area (Å²) in [6.07, 6.45) is -0.333. The maximum atomic E-state index is 12.4. The molecule has 0 bridgehead atoms. The highest BCUT2D eigenvalue weighted by Gasteiger charge is 2.35. The lowest BCUT2D eigenvalue weighted by Gasteiger charge is -2.17. The quantitative estimate of drug-likeness (QED) is 0.499. The van der Waals surface area contributed by atoms with Crippen LogP contribution in [0.4, 0.5) is 0 Å². The minimum atomic E-state index is -0.888. The van der Waals surface area contributed by atoms with Crippen LogP contribution in [0, 0.1) is 6.92 Å². The van der Waals surface area contributed by atoms with Gasteiger partial charge < -0.3 is 19.7 Å². The van der Waals surface area contributed by atoms with E-state index in [0.717, 1.165) is 4.57 Å². The highest BCUT2D eigenvalue weighted by Crippen LogP contribution is 2.27. The van der Waals surface area contributed by atoms with Gasteiger partial charge in [0.2, 0.25) is 0 Å². The van der Waals surface area contributed by atoms with E-state index in [4.69, 9.17) is 9.84 Å². The zero-order valence-electron chi connectivity index (χ0n) is 11.9. The lowest BCUT2D eigenvalue weighted by molar-refractivity contribution is -0.107. The van der Waals surface area contributed by atoms with Crippen molar-refractivity contribution in [3.05, 3.63) is 32.6 Å². The molecule has 122 valence electrons. The molecule has 8 nitrogen and oxygen atoms in total. The molecule has 1 fully saturated rings. The van der Waals surface area contributed by atoms with Gasteiger partial charge in [-0.2, -0.15) is 0 Å². The summed E-state index contributed by atoms with van der Waals surface area (Å²) < 4.78 is 7.60.